The summed E-state index contributed by atoms with van der Waals surface area (Å²) >= 11 is 0. The highest BCUT2D eigenvalue weighted by molar-refractivity contribution is 5.85. The highest BCUT2D eigenvalue weighted by atomic mass is 35.5. The van der Waals surface area contributed by atoms with E-state index >= 15 is 0 Å². The van der Waals surface area contributed by atoms with Gasteiger partial charge in [0.25, 0.3) is 5.69 Å². The van der Waals surface area contributed by atoms with Crippen LogP contribution >= 0.6 is 12.4 Å². The van der Waals surface area contributed by atoms with E-state index in [4.69, 9.17) is 5.73 Å². The van der Waals surface area contributed by atoms with Crippen molar-refractivity contribution in [2.24, 2.45) is 5.73 Å². The second-order valence-electron chi connectivity index (χ2n) is 3.73. The average molecular weight is 261 g/mol. The third-order valence-electron chi connectivity index (χ3n) is 2.16. The fourth-order valence-electron chi connectivity index (χ4n) is 1.41. The number of nitrogens with two attached hydrogens (primary N) is 1. The van der Waals surface area contributed by atoms with Crippen LogP contribution in [0.15, 0.2) is 30.4 Å². The molecule has 1 atom stereocenters. The second kappa shape index (κ2) is 6.32. The molecule has 0 heterocycles. The van der Waals surface area contributed by atoms with Gasteiger partial charge in [-0.2, -0.15) is 0 Å². The van der Waals surface area contributed by atoms with Crippen molar-refractivity contribution in [2.75, 3.05) is 0 Å². The Kier molecular flexibility index (Phi) is 5.78. The summed E-state index contributed by atoms with van der Waals surface area (Å²) in [5.74, 6) is -0.528. The first-order valence-electron chi connectivity index (χ1n) is 4.75. The Morgan fingerprint density at radius 3 is 2.71 bits per heavy atom. The molecule has 0 amide bonds. The van der Waals surface area contributed by atoms with Crippen molar-refractivity contribution in [1.82, 2.24) is 0 Å². The van der Waals surface area contributed by atoms with E-state index in [-0.39, 0.29) is 23.7 Å². The Balaban J connectivity index is 0.00000256. The molecule has 1 rings (SSSR count). The molecule has 0 aliphatic heterocycles. The lowest BCUT2D eigenvalue weighted by Crippen LogP contribution is -2.12. The van der Waals surface area contributed by atoms with E-state index in [2.05, 4.69) is 6.58 Å². The first kappa shape index (κ1) is 15.5. The summed E-state index contributed by atoms with van der Waals surface area (Å²) in [6, 6.07) is 2.75. The summed E-state index contributed by atoms with van der Waals surface area (Å²) in [5, 5.41) is 10.5. The molecule has 0 aromatic heterocycles. The number of nitro benzene ring substituents is 1. The zero-order chi connectivity index (χ0) is 12.3. The molecular weight excluding hydrogens is 247 g/mol. The molecule has 0 aliphatic rings. The van der Waals surface area contributed by atoms with Crippen LogP contribution in [0, 0.1) is 15.9 Å². The number of halogens is 2. The molecule has 4 nitrogen and oxygen atoms in total. The highest BCUT2D eigenvalue weighted by Gasteiger charge is 2.16. The lowest BCUT2D eigenvalue weighted by Gasteiger charge is -2.12. The minimum atomic E-state index is -0.600. The summed E-state index contributed by atoms with van der Waals surface area (Å²) in [6.07, 6.45) is 0.401. The molecule has 6 heteroatoms. The molecule has 0 radical (unpaired) electrons. The van der Waals surface area contributed by atoms with E-state index in [1.54, 1.807) is 6.92 Å². The smallest absolute Gasteiger partial charge is 0.269 e. The van der Waals surface area contributed by atoms with Crippen LogP contribution in [0.1, 0.15) is 24.9 Å². The zero-order valence-electron chi connectivity index (χ0n) is 9.35. The number of rotatable bonds is 4. The Morgan fingerprint density at radius 1 is 1.65 bits per heavy atom. The predicted octanol–water partition coefficient (Wildman–Crippen LogP) is 3.12. The molecule has 1 aromatic rings. The van der Waals surface area contributed by atoms with Crippen LogP contribution in [0.5, 0.6) is 0 Å². The molecule has 0 spiro atoms. The Morgan fingerprint density at radius 2 is 2.24 bits per heavy atom. The molecular formula is C11H14ClFN2O2. The van der Waals surface area contributed by atoms with Gasteiger partial charge in [0.05, 0.1) is 4.92 Å². The van der Waals surface area contributed by atoms with Gasteiger partial charge in [0.2, 0.25) is 0 Å². The van der Waals surface area contributed by atoms with Gasteiger partial charge >= 0.3 is 0 Å². The fraction of sp³-hybridized carbons (Fsp3) is 0.273. The number of hydrogen-bond acceptors (Lipinski definition) is 3. The quantitative estimate of drug-likeness (QED) is 0.514. The summed E-state index contributed by atoms with van der Waals surface area (Å²) in [6.45, 7) is 5.44. The molecule has 94 valence electrons. The monoisotopic (exact) mass is 260 g/mol. The minimum Gasteiger partial charge on any atom is -0.324 e. The first-order chi connectivity index (χ1) is 7.41. The third-order valence-corrected chi connectivity index (χ3v) is 2.16. The maximum absolute atomic E-state index is 13.4. The Labute approximate surface area is 105 Å². The van der Waals surface area contributed by atoms with Crippen molar-refractivity contribution in [3.05, 3.63) is 51.8 Å². The van der Waals surface area contributed by atoms with E-state index in [0.717, 1.165) is 17.7 Å². The van der Waals surface area contributed by atoms with Crippen molar-refractivity contribution in [1.29, 1.82) is 0 Å². The van der Waals surface area contributed by atoms with Gasteiger partial charge in [-0.05, 0) is 19.4 Å². The molecule has 0 aliphatic carbocycles. The number of nitrogens with zero attached hydrogens (tertiary/aromatic N) is 1. The maximum Gasteiger partial charge on any atom is 0.269 e. The molecule has 1 aromatic carbocycles. The van der Waals surface area contributed by atoms with Gasteiger partial charge < -0.3 is 5.73 Å². The molecule has 0 saturated heterocycles. The summed E-state index contributed by atoms with van der Waals surface area (Å²) in [7, 11) is 0. The largest absolute Gasteiger partial charge is 0.324 e. The van der Waals surface area contributed by atoms with Gasteiger partial charge in [-0.15, -0.1) is 19.0 Å². The molecule has 2 N–H and O–H groups in total. The van der Waals surface area contributed by atoms with Gasteiger partial charge in [-0.3, -0.25) is 10.1 Å². The van der Waals surface area contributed by atoms with Crippen LogP contribution in [0.25, 0.3) is 0 Å². The van der Waals surface area contributed by atoms with Crippen LogP contribution in [-0.2, 0) is 0 Å². The van der Waals surface area contributed by atoms with Crippen molar-refractivity contribution in [2.45, 2.75) is 19.4 Å². The number of nitro groups is 1. The minimum absolute atomic E-state index is 0. The topological polar surface area (TPSA) is 69.2 Å². The van der Waals surface area contributed by atoms with Crippen LogP contribution in [-0.4, -0.2) is 4.92 Å². The van der Waals surface area contributed by atoms with Gasteiger partial charge in [-0.1, -0.05) is 5.57 Å². The summed E-state index contributed by atoms with van der Waals surface area (Å²) in [5.41, 5.74) is 6.54. The van der Waals surface area contributed by atoms with E-state index in [0.29, 0.717) is 6.42 Å². The standard InChI is InChI=1S/C11H13FN2O2.ClH/c1-7(2)5-11(13)9-6-8(14(15)16)3-4-10(9)12;/h3-4,6,11H,1,5,13H2,2H3;1H/t11-;/m0./s1. The van der Waals surface area contributed by atoms with Crippen LogP contribution in [0.2, 0.25) is 0 Å². The number of benzene rings is 1. The zero-order valence-corrected chi connectivity index (χ0v) is 10.2. The molecule has 17 heavy (non-hydrogen) atoms. The van der Waals surface area contributed by atoms with Gasteiger partial charge in [0.1, 0.15) is 5.82 Å². The van der Waals surface area contributed by atoms with E-state index < -0.39 is 16.8 Å². The SMILES string of the molecule is C=C(C)C[C@H](N)c1cc([N+](=O)[O-])ccc1F.Cl. The van der Waals surface area contributed by atoms with Crippen LogP contribution in [0.4, 0.5) is 10.1 Å². The van der Waals surface area contributed by atoms with E-state index in [1.165, 1.54) is 6.07 Å². The van der Waals surface area contributed by atoms with Gasteiger partial charge in [0, 0.05) is 23.7 Å². The molecule has 0 saturated carbocycles. The number of hydrogen-bond donors (Lipinski definition) is 1. The first-order valence-corrected chi connectivity index (χ1v) is 4.75. The highest BCUT2D eigenvalue weighted by Crippen LogP contribution is 2.24. The summed E-state index contributed by atoms with van der Waals surface area (Å²) < 4.78 is 13.4. The van der Waals surface area contributed by atoms with E-state index in [1.807, 2.05) is 0 Å². The van der Waals surface area contributed by atoms with Gasteiger partial charge in [0.15, 0.2) is 0 Å². The van der Waals surface area contributed by atoms with Crippen molar-refractivity contribution >= 4 is 18.1 Å². The third kappa shape index (κ3) is 4.13. The molecule has 0 fully saturated rings. The van der Waals surface area contributed by atoms with Crippen molar-refractivity contribution in [3.8, 4) is 0 Å². The number of non-ortho nitro benzene ring substituents is 1. The fourth-order valence-corrected chi connectivity index (χ4v) is 1.41. The average Bonchev–Trinajstić information content (AvgIpc) is 2.16. The normalized spacial score (nSPS) is 11.5. The predicted molar refractivity (Wildman–Crippen MR) is 66.7 cm³/mol. The molecule has 0 bridgehead atoms. The van der Waals surface area contributed by atoms with Gasteiger partial charge in [-0.25, -0.2) is 4.39 Å². The van der Waals surface area contributed by atoms with Crippen molar-refractivity contribution in [3.63, 3.8) is 0 Å². The second-order valence-corrected chi connectivity index (χ2v) is 3.73. The molecule has 0 unspecified atom stereocenters. The van der Waals surface area contributed by atoms with Crippen LogP contribution in [0.3, 0.4) is 0 Å². The van der Waals surface area contributed by atoms with E-state index in [9.17, 15) is 14.5 Å². The lowest BCUT2D eigenvalue weighted by atomic mass is 10.0. The summed E-state index contributed by atoms with van der Waals surface area (Å²) in [4.78, 5) is 9.96. The Bertz CT molecular complexity index is 437. The lowest BCUT2D eigenvalue weighted by molar-refractivity contribution is -0.385. The maximum atomic E-state index is 13.4. The van der Waals surface area contributed by atoms with Crippen LogP contribution < -0.4 is 5.73 Å². The Hall–Kier alpha value is -1.46. The van der Waals surface area contributed by atoms with Crippen molar-refractivity contribution < 1.29 is 9.31 Å².